The van der Waals surface area contributed by atoms with Crippen LogP contribution in [-0.2, 0) is 20.9 Å². The van der Waals surface area contributed by atoms with E-state index in [4.69, 9.17) is 9.47 Å². The van der Waals surface area contributed by atoms with Gasteiger partial charge in [0.2, 0.25) is 11.8 Å². The third kappa shape index (κ3) is 6.12. The lowest BCUT2D eigenvalue weighted by Gasteiger charge is -2.34. The van der Waals surface area contributed by atoms with Gasteiger partial charge in [0, 0.05) is 11.2 Å². The fourth-order valence-corrected chi connectivity index (χ4v) is 4.27. The van der Waals surface area contributed by atoms with Crippen molar-refractivity contribution >= 4 is 34.5 Å². The van der Waals surface area contributed by atoms with Gasteiger partial charge >= 0.3 is 5.97 Å². The highest BCUT2D eigenvalue weighted by Gasteiger charge is 2.35. The molecule has 4 aromatic rings. The molecule has 1 heterocycles. The molecular formula is C30H33N5O5. The average molecular weight is 544 g/mol. The zero-order valence-electron chi connectivity index (χ0n) is 23.2. The van der Waals surface area contributed by atoms with Crippen molar-refractivity contribution in [3.05, 3.63) is 83.9 Å². The van der Waals surface area contributed by atoms with Crippen LogP contribution in [0.15, 0.2) is 72.8 Å². The van der Waals surface area contributed by atoms with Gasteiger partial charge in [-0.15, -0.1) is 5.10 Å². The number of rotatable bonds is 10. The van der Waals surface area contributed by atoms with Gasteiger partial charge in [-0.2, -0.15) is 0 Å². The minimum Gasteiger partial charge on any atom is -0.497 e. The van der Waals surface area contributed by atoms with E-state index in [9.17, 15) is 14.4 Å². The number of carbonyl (C=O) groups excluding carboxylic acids is 3. The summed E-state index contributed by atoms with van der Waals surface area (Å²) in [6.45, 7) is 5.62. The lowest BCUT2D eigenvalue weighted by Crippen LogP contribution is -2.51. The second-order valence-electron chi connectivity index (χ2n) is 9.94. The van der Waals surface area contributed by atoms with Gasteiger partial charge in [0.1, 0.15) is 23.9 Å². The molecule has 0 bridgehead atoms. The van der Waals surface area contributed by atoms with Crippen molar-refractivity contribution in [2.45, 2.75) is 45.3 Å². The number of methoxy groups -OCH3 is 2. The third-order valence-electron chi connectivity index (χ3n) is 6.80. The fraction of sp³-hybridized carbons (Fsp3) is 0.300. The summed E-state index contributed by atoms with van der Waals surface area (Å²) in [7, 11) is 2.84. The van der Waals surface area contributed by atoms with Crippen molar-refractivity contribution in [2.75, 3.05) is 19.1 Å². The summed E-state index contributed by atoms with van der Waals surface area (Å²) in [6, 6.07) is 19.6. The maximum absolute atomic E-state index is 14.2. The summed E-state index contributed by atoms with van der Waals surface area (Å²) >= 11 is 0. The summed E-state index contributed by atoms with van der Waals surface area (Å²) in [5.74, 6) is -0.759. The SMILES string of the molecule is CCC(C)(C)NC(=O)C(c1ccc(OC)cc1)N(C(=O)Cn1nnc2ccccc21)c1cccc(C(=O)OC)c1. The lowest BCUT2D eigenvalue weighted by atomic mass is 9.98. The molecule has 208 valence electrons. The van der Waals surface area contributed by atoms with E-state index < -0.39 is 23.5 Å². The van der Waals surface area contributed by atoms with Crippen LogP contribution in [0, 0.1) is 0 Å². The molecule has 0 saturated heterocycles. The Morgan fingerprint density at radius 1 is 1.00 bits per heavy atom. The van der Waals surface area contributed by atoms with Gasteiger partial charge in [-0.3, -0.25) is 14.5 Å². The zero-order valence-corrected chi connectivity index (χ0v) is 23.2. The van der Waals surface area contributed by atoms with Crippen molar-refractivity contribution in [3.8, 4) is 5.75 Å². The maximum Gasteiger partial charge on any atom is 0.337 e. The van der Waals surface area contributed by atoms with Gasteiger partial charge in [-0.05, 0) is 68.3 Å². The molecule has 10 heteroatoms. The zero-order chi connectivity index (χ0) is 28.9. The first-order chi connectivity index (χ1) is 19.2. The topological polar surface area (TPSA) is 116 Å². The monoisotopic (exact) mass is 543 g/mol. The number of fused-ring (bicyclic) bond motifs is 1. The molecule has 0 aliphatic rings. The Morgan fingerprint density at radius 3 is 2.40 bits per heavy atom. The number of para-hydroxylation sites is 1. The molecular weight excluding hydrogens is 510 g/mol. The number of ether oxygens (including phenoxy) is 2. The number of aromatic nitrogens is 3. The fourth-order valence-electron chi connectivity index (χ4n) is 4.27. The number of carbonyl (C=O) groups is 3. The van der Waals surface area contributed by atoms with Crippen LogP contribution in [0.5, 0.6) is 5.75 Å². The largest absolute Gasteiger partial charge is 0.497 e. The normalized spacial score (nSPS) is 12.0. The molecule has 0 aliphatic heterocycles. The van der Waals surface area contributed by atoms with Crippen molar-refractivity contribution in [2.24, 2.45) is 0 Å². The summed E-state index contributed by atoms with van der Waals surface area (Å²) in [5, 5.41) is 11.4. The van der Waals surface area contributed by atoms with Gasteiger partial charge in [0.15, 0.2) is 0 Å². The molecule has 2 amide bonds. The second-order valence-corrected chi connectivity index (χ2v) is 9.94. The van der Waals surface area contributed by atoms with E-state index in [0.29, 0.717) is 34.5 Å². The van der Waals surface area contributed by atoms with E-state index in [1.807, 2.05) is 39.0 Å². The molecule has 40 heavy (non-hydrogen) atoms. The maximum atomic E-state index is 14.2. The third-order valence-corrected chi connectivity index (χ3v) is 6.80. The van der Waals surface area contributed by atoms with Crippen molar-refractivity contribution < 1.29 is 23.9 Å². The Hall–Kier alpha value is -4.73. The number of amides is 2. The molecule has 0 saturated carbocycles. The molecule has 0 radical (unpaired) electrons. The molecule has 0 spiro atoms. The Bertz CT molecular complexity index is 1510. The predicted octanol–water partition coefficient (Wildman–Crippen LogP) is 4.31. The highest BCUT2D eigenvalue weighted by molar-refractivity contribution is 6.02. The first-order valence-electron chi connectivity index (χ1n) is 12.9. The molecule has 1 N–H and O–H groups in total. The minimum atomic E-state index is -1.08. The summed E-state index contributed by atoms with van der Waals surface area (Å²) in [5.41, 5.74) is 1.94. The van der Waals surface area contributed by atoms with E-state index in [0.717, 1.165) is 0 Å². The molecule has 4 rings (SSSR count). The van der Waals surface area contributed by atoms with E-state index in [1.165, 1.54) is 22.8 Å². The summed E-state index contributed by atoms with van der Waals surface area (Å²) < 4.78 is 11.7. The van der Waals surface area contributed by atoms with E-state index in [2.05, 4.69) is 15.6 Å². The Labute approximate surface area is 232 Å². The smallest absolute Gasteiger partial charge is 0.337 e. The Balaban J connectivity index is 1.86. The second kappa shape index (κ2) is 12.0. The van der Waals surface area contributed by atoms with Gasteiger partial charge in [0.25, 0.3) is 0 Å². The van der Waals surface area contributed by atoms with E-state index in [1.54, 1.807) is 55.6 Å². The molecule has 10 nitrogen and oxygen atoms in total. The standard InChI is InChI=1S/C30H33N5O5/c1-6-30(2,3)31-28(37)27(20-14-16-23(39-4)17-15-20)35(22-11-9-10-21(18-22)29(38)40-5)26(36)19-34-25-13-8-7-12-24(25)32-33-34/h7-18,27H,6,19H2,1-5H3,(H,31,37). The number of anilines is 1. The summed E-state index contributed by atoms with van der Waals surface area (Å²) in [6.07, 6.45) is 0.671. The highest BCUT2D eigenvalue weighted by Crippen LogP contribution is 2.31. The van der Waals surface area contributed by atoms with E-state index >= 15 is 0 Å². The summed E-state index contributed by atoms with van der Waals surface area (Å²) in [4.78, 5) is 42.0. The van der Waals surface area contributed by atoms with Crippen LogP contribution in [0.2, 0.25) is 0 Å². The van der Waals surface area contributed by atoms with E-state index in [-0.39, 0.29) is 18.0 Å². The number of hydrogen-bond donors (Lipinski definition) is 1. The van der Waals surface area contributed by atoms with Gasteiger partial charge < -0.3 is 14.8 Å². The number of hydrogen-bond acceptors (Lipinski definition) is 7. The van der Waals surface area contributed by atoms with Crippen molar-refractivity contribution in [1.29, 1.82) is 0 Å². The van der Waals surface area contributed by atoms with Crippen molar-refractivity contribution in [1.82, 2.24) is 20.3 Å². The molecule has 1 atom stereocenters. The molecule has 1 aromatic heterocycles. The minimum absolute atomic E-state index is 0.194. The van der Waals surface area contributed by atoms with Crippen LogP contribution in [0.1, 0.15) is 49.2 Å². The van der Waals surface area contributed by atoms with Crippen LogP contribution >= 0.6 is 0 Å². The molecule has 0 fully saturated rings. The van der Waals surface area contributed by atoms with Crippen molar-refractivity contribution in [3.63, 3.8) is 0 Å². The number of benzene rings is 3. The predicted molar refractivity (Wildman–Crippen MR) is 151 cm³/mol. The number of esters is 1. The van der Waals surface area contributed by atoms with Gasteiger partial charge in [-0.25, -0.2) is 9.48 Å². The molecule has 3 aromatic carbocycles. The first kappa shape index (κ1) is 28.3. The van der Waals surface area contributed by atoms with Crippen LogP contribution in [-0.4, -0.2) is 52.5 Å². The molecule has 1 unspecified atom stereocenters. The Morgan fingerprint density at radius 2 is 1.73 bits per heavy atom. The van der Waals surface area contributed by atoms with Crippen LogP contribution in [0.3, 0.4) is 0 Å². The lowest BCUT2D eigenvalue weighted by molar-refractivity contribution is -0.128. The Kier molecular flexibility index (Phi) is 8.47. The van der Waals surface area contributed by atoms with Gasteiger partial charge in [-0.1, -0.05) is 42.5 Å². The van der Waals surface area contributed by atoms with Crippen LogP contribution in [0.25, 0.3) is 11.0 Å². The van der Waals surface area contributed by atoms with Crippen LogP contribution in [0.4, 0.5) is 5.69 Å². The quantitative estimate of drug-likeness (QED) is 0.297. The molecule has 0 aliphatic carbocycles. The number of nitrogens with one attached hydrogen (secondary N) is 1. The number of nitrogens with zero attached hydrogens (tertiary/aromatic N) is 4. The van der Waals surface area contributed by atoms with Crippen LogP contribution < -0.4 is 15.0 Å². The van der Waals surface area contributed by atoms with Gasteiger partial charge in [0.05, 0.1) is 25.3 Å². The average Bonchev–Trinajstić information content (AvgIpc) is 3.37. The highest BCUT2D eigenvalue weighted by atomic mass is 16.5. The first-order valence-corrected chi connectivity index (χ1v) is 12.9.